The molecule has 0 bridgehead atoms. The summed E-state index contributed by atoms with van der Waals surface area (Å²) in [6.07, 6.45) is 2.71. The van der Waals surface area contributed by atoms with E-state index < -0.39 is 0 Å². The van der Waals surface area contributed by atoms with Crippen molar-refractivity contribution in [1.82, 2.24) is 14.9 Å². The Hall–Kier alpha value is -3.21. The average molecular weight is 443 g/mol. The Balaban J connectivity index is 1.53. The van der Waals surface area contributed by atoms with Crippen molar-refractivity contribution in [1.29, 1.82) is 0 Å². The highest BCUT2D eigenvalue weighted by atomic mass is 16.2. The lowest BCUT2D eigenvalue weighted by Gasteiger charge is -2.26. The molecule has 5 heteroatoms. The molecule has 0 radical (unpaired) electrons. The van der Waals surface area contributed by atoms with E-state index in [0.29, 0.717) is 6.54 Å². The van der Waals surface area contributed by atoms with Gasteiger partial charge in [0.15, 0.2) is 0 Å². The summed E-state index contributed by atoms with van der Waals surface area (Å²) in [7, 11) is 0. The van der Waals surface area contributed by atoms with Crippen LogP contribution < -0.4 is 4.90 Å². The number of hydrogen-bond donors (Lipinski definition) is 0. The van der Waals surface area contributed by atoms with Gasteiger partial charge in [0.2, 0.25) is 0 Å². The molecule has 1 aromatic heterocycles. The summed E-state index contributed by atoms with van der Waals surface area (Å²) in [4.78, 5) is 27.0. The molecule has 1 saturated heterocycles. The smallest absolute Gasteiger partial charge is 0.253 e. The molecular formula is C28H34N4O. The largest absolute Gasteiger partial charge is 0.354 e. The molecule has 1 aliphatic heterocycles. The van der Waals surface area contributed by atoms with Crippen molar-refractivity contribution in [2.24, 2.45) is 0 Å². The van der Waals surface area contributed by atoms with Gasteiger partial charge in [-0.25, -0.2) is 9.97 Å². The minimum atomic E-state index is 0.120. The molecule has 1 fully saturated rings. The monoisotopic (exact) mass is 442 g/mol. The Bertz CT molecular complexity index is 1110. The predicted octanol–water partition coefficient (Wildman–Crippen LogP) is 4.91. The van der Waals surface area contributed by atoms with Gasteiger partial charge in [-0.1, -0.05) is 48.9 Å². The molecule has 0 aliphatic carbocycles. The summed E-state index contributed by atoms with van der Waals surface area (Å²) in [5.41, 5.74) is 6.77. The van der Waals surface area contributed by atoms with Gasteiger partial charge in [-0.3, -0.25) is 4.79 Å². The Kier molecular flexibility index (Phi) is 7.07. The molecule has 172 valence electrons. The van der Waals surface area contributed by atoms with Crippen LogP contribution in [0.4, 0.5) is 5.82 Å². The van der Waals surface area contributed by atoms with Crippen LogP contribution in [0.1, 0.15) is 57.5 Å². The second-order valence-electron chi connectivity index (χ2n) is 9.00. The van der Waals surface area contributed by atoms with Crippen molar-refractivity contribution >= 4 is 11.7 Å². The zero-order valence-electron chi connectivity index (χ0n) is 20.3. The molecular weight excluding hydrogens is 408 g/mol. The maximum atomic E-state index is 13.1. The van der Waals surface area contributed by atoms with Crippen LogP contribution in [0.3, 0.4) is 0 Å². The minimum Gasteiger partial charge on any atom is -0.354 e. The maximum Gasteiger partial charge on any atom is 0.253 e. The summed E-state index contributed by atoms with van der Waals surface area (Å²) in [5.74, 6) is 1.93. The Morgan fingerprint density at radius 3 is 2.24 bits per heavy atom. The van der Waals surface area contributed by atoms with Crippen LogP contribution in [0.15, 0.2) is 48.5 Å². The quantitative estimate of drug-likeness (QED) is 0.563. The molecule has 33 heavy (non-hydrogen) atoms. The van der Waals surface area contributed by atoms with Gasteiger partial charge < -0.3 is 9.80 Å². The van der Waals surface area contributed by atoms with Gasteiger partial charge in [0.25, 0.3) is 5.91 Å². The normalized spacial score (nSPS) is 14.3. The van der Waals surface area contributed by atoms with E-state index in [1.807, 2.05) is 24.0 Å². The molecule has 4 rings (SSSR count). The van der Waals surface area contributed by atoms with Crippen LogP contribution in [-0.4, -0.2) is 47.0 Å². The van der Waals surface area contributed by atoms with Gasteiger partial charge in [-0.2, -0.15) is 0 Å². The Labute approximate surface area is 197 Å². The molecule has 2 heterocycles. The molecule has 1 amide bonds. The Morgan fingerprint density at radius 1 is 0.848 bits per heavy atom. The van der Waals surface area contributed by atoms with Gasteiger partial charge in [-0.15, -0.1) is 0 Å². The van der Waals surface area contributed by atoms with Crippen molar-refractivity contribution in [2.45, 2.75) is 47.0 Å². The van der Waals surface area contributed by atoms with Crippen molar-refractivity contribution in [2.75, 3.05) is 31.1 Å². The number of carbonyl (C=O) groups excluding carboxylic acids is 1. The van der Waals surface area contributed by atoms with E-state index in [1.165, 1.54) is 22.3 Å². The summed E-state index contributed by atoms with van der Waals surface area (Å²) >= 11 is 0. The third-order valence-corrected chi connectivity index (χ3v) is 6.50. The predicted molar refractivity (Wildman–Crippen MR) is 134 cm³/mol. The SMILES string of the molecule is CCc1ccc(C(=O)N2CCCN(c3nc(C)nc(C)c3Cc3ccc(C)cc3)CC2)cc1. The molecule has 0 spiro atoms. The summed E-state index contributed by atoms with van der Waals surface area (Å²) in [6, 6.07) is 16.7. The molecule has 1 aliphatic rings. The number of rotatable bonds is 5. The molecule has 0 N–H and O–H groups in total. The summed E-state index contributed by atoms with van der Waals surface area (Å²) in [6.45, 7) is 11.4. The van der Waals surface area contributed by atoms with E-state index >= 15 is 0 Å². The first-order valence-electron chi connectivity index (χ1n) is 12.0. The number of aromatic nitrogens is 2. The lowest BCUT2D eigenvalue weighted by Crippen LogP contribution is -2.35. The summed E-state index contributed by atoms with van der Waals surface area (Å²) < 4.78 is 0. The van der Waals surface area contributed by atoms with Gasteiger partial charge in [-0.05, 0) is 56.9 Å². The van der Waals surface area contributed by atoms with E-state index in [4.69, 9.17) is 4.98 Å². The number of benzene rings is 2. The number of anilines is 1. The molecule has 0 unspecified atom stereocenters. The second kappa shape index (κ2) is 10.2. The molecule has 0 atom stereocenters. The van der Waals surface area contributed by atoms with Crippen molar-refractivity contribution < 1.29 is 4.79 Å². The van der Waals surface area contributed by atoms with Crippen LogP contribution in [0.5, 0.6) is 0 Å². The number of nitrogens with zero attached hydrogens (tertiary/aromatic N) is 4. The Morgan fingerprint density at radius 2 is 1.55 bits per heavy atom. The number of hydrogen-bond acceptors (Lipinski definition) is 4. The molecule has 3 aromatic rings. The third-order valence-electron chi connectivity index (χ3n) is 6.50. The first-order chi connectivity index (χ1) is 15.9. The van der Waals surface area contributed by atoms with Gasteiger partial charge in [0, 0.05) is 49.4 Å². The fourth-order valence-electron chi connectivity index (χ4n) is 4.49. The standard InChI is InChI=1S/C28H34N4O/c1-5-23-11-13-25(14-12-23)28(33)32-16-6-15-31(17-18-32)27-26(21(3)29-22(4)30-27)19-24-9-7-20(2)8-10-24/h7-14H,5-6,15-19H2,1-4H3. The molecule has 0 saturated carbocycles. The molecule has 2 aromatic carbocycles. The maximum absolute atomic E-state index is 13.1. The van der Waals surface area contributed by atoms with E-state index in [9.17, 15) is 4.79 Å². The van der Waals surface area contributed by atoms with Crippen molar-refractivity contribution in [3.63, 3.8) is 0 Å². The highest BCUT2D eigenvalue weighted by Crippen LogP contribution is 2.25. The zero-order chi connectivity index (χ0) is 23.4. The van der Waals surface area contributed by atoms with E-state index in [-0.39, 0.29) is 5.91 Å². The third kappa shape index (κ3) is 5.41. The first kappa shape index (κ1) is 23.0. The topological polar surface area (TPSA) is 49.3 Å². The number of carbonyl (C=O) groups is 1. The van der Waals surface area contributed by atoms with Crippen molar-refractivity contribution in [3.8, 4) is 0 Å². The van der Waals surface area contributed by atoms with Crippen LogP contribution in [-0.2, 0) is 12.8 Å². The minimum absolute atomic E-state index is 0.120. The van der Waals surface area contributed by atoms with Crippen LogP contribution in [0.25, 0.3) is 0 Å². The van der Waals surface area contributed by atoms with Gasteiger partial charge in [0.1, 0.15) is 11.6 Å². The second-order valence-corrected chi connectivity index (χ2v) is 9.00. The van der Waals surface area contributed by atoms with Crippen LogP contribution in [0, 0.1) is 20.8 Å². The zero-order valence-corrected chi connectivity index (χ0v) is 20.3. The average Bonchev–Trinajstić information content (AvgIpc) is 3.08. The van der Waals surface area contributed by atoms with E-state index in [0.717, 1.165) is 61.8 Å². The fourth-order valence-corrected chi connectivity index (χ4v) is 4.49. The highest BCUT2D eigenvalue weighted by molar-refractivity contribution is 5.94. The summed E-state index contributed by atoms with van der Waals surface area (Å²) in [5, 5.41) is 0. The van der Waals surface area contributed by atoms with Crippen molar-refractivity contribution in [3.05, 3.63) is 87.9 Å². The van der Waals surface area contributed by atoms with E-state index in [2.05, 4.69) is 67.1 Å². The van der Waals surface area contributed by atoms with Gasteiger partial charge in [0.05, 0.1) is 0 Å². The highest BCUT2D eigenvalue weighted by Gasteiger charge is 2.23. The van der Waals surface area contributed by atoms with E-state index in [1.54, 1.807) is 0 Å². The van der Waals surface area contributed by atoms with Crippen LogP contribution >= 0.6 is 0 Å². The van der Waals surface area contributed by atoms with Gasteiger partial charge >= 0.3 is 0 Å². The number of aryl methyl sites for hydroxylation is 4. The lowest BCUT2D eigenvalue weighted by molar-refractivity contribution is 0.0767. The number of amides is 1. The first-order valence-corrected chi connectivity index (χ1v) is 12.0. The lowest BCUT2D eigenvalue weighted by atomic mass is 10.0. The molecule has 5 nitrogen and oxygen atoms in total. The van der Waals surface area contributed by atoms with Crippen LogP contribution in [0.2, 0.25) is 0 Å². The fraction of sp³-hybridized carbons (Fsp3) is 0.393.